The number of anilines is 2. The van der Waals surface area contributed by atoms with Crippen LogP contribution in [-0.2, 0) is 11.0 Å². The first kappa shape index (κ1) is 20.6. The van der Waals surface area contributed by atoms with Gasteiger partial charge in [0, 0.05) is 51.2 Å². The molecule has 11 heteroatoms. The van der Waals surface area contributed by atoms with Gasteiger partial charge in [-0.1, -0.05) is 0 Å². The fourth-order valence-electron chi connectivity index (χ4n) is 3.48. The molecule has 3 aromatic rings. The zero-order valence-electron chi connectivity index (χ0n) is 16.6. The molecular weight excluding hydrogens is 413 g/mol. The van der Waals surface area contributed by atoms with E-state index in [1.807, 2.05) is 4.90 Å². The van der Waals surface area contributed by atoms with Gasteiger partial charge in [0.05, 0.1) is 22.8 Å². The van der Waals surface area contributed by atoms with Gasteiger partial charge in [-0.25, -0.2) is 9.50 Å². The van der Waals surface area contributed by atoms with Gasteiger partial charge in [-0.15, -0.1) is 0 Å². The van der Waals surface area contributed by atoms with Crippen LogP contribution in [0.4, 0.5) is 24.7 Å². The van der Waals surface area contributed by atoms with Crippen LogP contribution in [0, 0.1) is 0 Å². The number of nitrogens with one attached hydrogen (secondary N) is 1. The van der Waals surface area contributed by atoms with Gasteiger partial charge >= 0.3 is 6.18 Å². The maximum absolute atomic E-state index is 13.0. The molecular formula is C20H19F3N6O2. The molecule has 0 aliphatic carbocycles. The number of hydrogen-bond acceptors (Lipinski definition) is 5. The van der Waals surface area contributed by atoms with Crippen LogP contribution in [0.2, 0.25) is 0 Å². The Morgan fingerprint density at radius 1 is 1.06 bits per heavy atom. The van der Waals surface area contributed by atoms with E-state index >= 15 is 0 Å². The average molecular weight is 432 g/mol. The average Bonchev–Trinajstić information content (AvgIpc) is 3.15. The molecule has 8 nitrogen and oxygen atoms in total. The first-order chi connectivity index (χ1) is 14.7. The monoisotopic (exact) mass is 432 g/mol. The van der Waals surface area contributed by atoms with Crippen LogP contribution < -0.4 is 10.2 Å². The van der Waals surface area contributed by atoms with Crippen molar-refractivity contribution in [2.75, 3.05) is 36.4 Å². The second-order valence-corrected chi connectivity index (χ2v) is 7.17. The number of nitrogens with zero attached hydrogens (tertiary/aromatic N) is 5. The number of fused-ring (bicyclic) bond motifs is 1. The van der Waals surface area contributed by atoms with Gasteiger partial charge in [-0.2, -0.15) is 18.3 Å². The summed E-state index contributed by atoms with van der Waals surface area (Å²) in [6.45, 7) is 3.08. The number of rotatable bonds is 3. The number of aromatic nitrogens is 3. The van der Waals surface area contributed by atoms with Crippen molar-refractivity contribution in [3.63, 3.8) is 0 Å². The van der Waals surface area contributed by atoms with E-state index < -0.39 is 11.7 Å². The van der Waals surface area contributed by atoms with Gasteiger partial charge in [-0.05, 0) is 24.3 Å². The number of halogens is 3. The summed E-state index contributed by atoms with van der Waals surface area (Å²) in [5, 5.41) is 6.87. The topological polar surface area (TPSA) is 82.8 Å². The van der Waals surface area contributed by atoms with Gasteiger partial charge in [0.15, 0.2) is 0 Å². The maximum atomic E-state index is 13.0. The van der Waals surface area contributed by atoms with Crippen LogP contribution in [0.1, 0.15) is 22.8 Å². The van der Waals surface area contributed by atoms with Gasteiger partial charge in [-0.3, -0.25) is 9.59 Å². The third-order valence-corrected chi connectivity index (χ3v) is 5.04. The van der Waals surface area contributed by atoms with Gasteiger partial charge in [0.25, 0.3) is 5.91 Å². The summed E-state index contributed by atoms with van der Waals surface area (Å²) in [5.74, 6) is 0.0239. The SMILES string of the molecule is CC(=O)Nc1ccn2ncc(C(=O)N3CCN(c4ccc(C(F)(F)F)cn4)CC3)c2c1. The molecule has 0 atom stereocenters. The molecule has 162 valence electrons. The zero-order chi connectivity index (χ0) is 22.2. The molecule has 0 unspecified atom stereocenters. The Morgan fingerprint density at radius 2 is 1.81 bits per heavy atom. The molecule has 0 bridgehead atoms. The molecule has 1 aliphatic rings. The van der Waals surface area contributed by atoms with E-state index in [9.17, 15) is 22.8 Å². The van der Waals surface area contributed by atoms with Crippen LogP contribution in [0.3, 0.4) is 0 Å². The zero-order valence-corrected chi connectivity index (χ0v) is 16.6. The lowest BCUT2D eigenvalue weighted by Crippen LogP contribution is -2.49. The van der Waals surface area contributed by atoms with Crippen LogP contribution in [0.5, 0.6) is 0 Å². The normalized spacial score (nSPS) is 14.7. The van der Waals surface area contributed by atoms with Crippen molar-refractivity contribution in [1.29, 1.82) is 0 Å². The van der Waals surface area contributed by atoms with Crippen LogP contribution in [0.25, 0.3) is 5.52 Å². The summed E-state index contributed by atoms with van der Waals surface area (Å²) in [4.78, 5) is 31.8. The van der Waals surface area contributed by atoms with Crippen molar-refractivity contribution in [3.8, 4) is 0 Å². The molecule has 1 saturated heterocycles. The van der Waals surface area contributed by atoms with Crippen molar-refractivity contribution >= 4 is 28.8 Å². The van der Waals surface area contributed by atoms with Crippen molar-refractivity contribution in [2.24, 2.45) is 0 Å². The van der Waals surface area contributed by atoms with Gasteiger partial charge in [0.1, 0.15) is 5.82 Å². The summed E-state index contributed by atoms with van der Waals surface area (Å²) in [7, 11) is 0. The lowest BCUT2D eigenvalue weighted by Gasteiger charge is -2.35. The molecule has 0 radical (unpaired) electrons. The second-order valence-electron chi connectivity index (χ2n) is 7.17. The maximum Gasteiger partial charge on any atom is 0.417 e. The Hall–Kier alpha value is -3.63. The molecule has 1 fully saturated rings. The van der Waals surface area contributed by atoms with Crippen molar-refractivity contribution in [1.82, 2.24) is 19.5 Å². The van der Waals surface area contributed by atoms with E-state index in [1.165, 1.54) is 19.2 Å². The largest absolute Gasteiger partial charge is 0.417 e. The first-order valence-corrected chi connectivity index (χ1v) is 9.55. The molecule has 0 saturated carbocycles. The van der Waals surface area contributed by atoms with Crippen LogP contribution in [-0.4, -0.2) is 57.5 Å². The molecule has 2 amide bonds. The third kappa shape index (κ3) is 4.30. The highest BCUT2D eigenvalue weighted by Gasteiger charge is 2.31. The highest BCUT2D eigenvalue weighted by molar-refractivity contribution is 6.01. The predicted octanol–water partition coefficient (Wildman–Crippen LogP) is 2.67. The van der Waals surface area contributed by atoms with Gasteiger partial charge in [0.2, 0.25) is 5.91 Å². The third-order valence-electron chi connectivity index (χ3n) is 5.04. The Labute approximate surface area is 175 Å². The van der Waals surface area contributed by atoms with E-state index in [0.29, 0.717) is 48.8 Å². The molecule has 1 aliphatic heterocycles. The van der Waals surface area contributed by atoms with Crippen LogP contribution >= 0.6 is 0 Å². The van der Waals surface area contributed by atoms with Crippen LogP contribution in [0.15, 0.2) is 42.9 Å². The minimum atomic E-state index is -4.43. The molecule has 0 aromatic carbocycles. The van der Waals surface area contributed by atoms with E-state index in [1.54, 1.807) is 27.7 Å². The minimum absolute atomic E-state index is 0.199. The number of carbonyl (C=O) groups is 2. The van der Waals surface area contributed by atoms with E-state index in [0.717, 1.165) is 12.3 Å². The summed E-state index contributed by atoms with van der Waals surface area (Å²) < 4.78 is 39.7. The summed E-state index contributed by atoms with van der Waals surface area (Å²) in [6, 6.07) is 5.72. The first-order valence-electron chi connectivity index (χ1n) is 9.55. The Balaban J connectivity index is 1.45. The molecule has 1 N–H and O–H groups in total. The number of alkyl halides is 3. The smallest absolute Gasteiger partial charge is 0.353 e. The minimum Gasteiger partial charge on any atom is -0.353 e. The van der Waals surface area contributed by atoms with E-state index in [-0.39, 0.29) is 11.8 Å². The number of hydrogen-bond donors (Lipinski definition) is 1. The number of piperazine rings is 1. The van der Waals surface area contributed by atoms with E-state index in [4.69, 9.17) is 0 Å². The Bertz CT molecular complexity index is 1120. The molecule has 4 rings (SSSR count). The lowest BCUT2D eigenvalue weighted by molar-refractivity contribution is -0.137. The molecule has 31 heavy (non-hydrogen) atoms. The van der Waals surface area contributed by atoms with Crippen molar-refractivity contribution < 1.29 is 22.8 Å². The van der Waals surface area contributed by atoms with Crippen molar-refractivity contribution in [2.45, 2.75) is 13.1 Å². The van der Waals surface area contributed by atoms with E-state index in [2.05, 4.69) is 15.4 Å². The summed E-state index contributed by atoms with van der Waals surface area (Å²) in [6.07, 6.45) is -0.464. The van der Waals surface area contributed by atoms with Crippen molar-refractivity contribution in [3.05, 3.63) is 54.0 Å². The Kier molecular flexibility index (Phi) is 5.25. The number of amides is 2. The quantitative estimate of drug-likeness (QED) is 0.688. The molecule has 4 heterocycles. The predicted molar refractivity (Wildman–Crippen MR) is 107 cm³/mol. The molecule has 0 spiro atoms. The fourth-order valence-corrected chi connectivity index (χ4v) is 3.48. The summed E-state index contributed by atoms with van der Waals surface area (Å²) in [5.41, 5.74) is 0.751. The highest BCUT2D eigenvalue weighted by Crippen LogP contribution is 2.29. The fraction of sp³-hybridized carbons (Fsp3) is 0.300. The standard InChI is InChI=1S/C20H19F3N6O2/c1-13(30)26-15-4-5-29-17(10-15)16(12-25-29)19(31)28-8-6-27(7-9-28)18-3-2-14(11-24-18)20(21,22)23/h2-5,10-12H,6-9H2,1H3,(H,26,30). The Morgan fingerprint density at radius 3 is 2.42 bits per heavy atom. The van der Waals surface area contributed by atoms with Gasteiger partial charge < -0.3 is 15.1 Å². The summed E-state index contributed by atoms with van der Waals surface area (Å²) >= 11 is 0. The lowest BCUT2D eigenvalue weighted by atomic mass is 10.2. The number of carbonyl (C=O) groups excluding carboxylic acids is 2. The second kappa shape index (κ2) is 7.89. The number of pyridine rings is 2. The highest BCUT2D eigenvalue weighted by atomic mass is 19.4. The molecule has 3 aromatic heterocycles.